The molecule has 0 aliphatic carbocycles. The number of aryl methyl sites for hydroxylation is 2. The summed E-state index contributed by atoms with van der Waals surface area (Å²) in [7, 11) is 0. The van der Waals surface area contributed by atoms with Gasteiger partial charge in [0.1, 0.15) is 0 Å². The van der Waals surface area contributed by atoms with E-state index in [1.165, 1.54) is 11.1 Å². The first-order chi connectivity index (χ1) is 15.1. The lowest BCUT2D eigenvalue weighted by Gasteiger charge is -2.10. The van der Waals surface area contributed by atoms with Crippen LogP contribution in [0.5, 0.6) is 0 Å². The molecule has 156 valence electrons. The topological polar surface area (TPSA) is 60.4 Å². The number of benzene rings is 3. The highest BCUT2D eigenvalue weighted by Crippen LogP contribution is 2.24. The van der Waals surface area contributed by atoms with Crippen molar-refractivity contribution in [2.24, 2.45) is 4.99 Å². The van der Waals surface area contributed by atoms with Crippen LogP contribution in [0.25, 0.3) is 11.3 Å². The first kappa shape index (κ1) is 20.8. The molecule has 0 N–H and O–H groups in total. The van der Waals surface area contributed by atoms with Gasteiger partial charge in [-0.25, -0.2) is 4.99 Å². The van der Waals surface area contributed by atoms with E-state index < -0.39 is 0 Å². The lowest BCUT2D eigenvalue weighted by molar-refractivity contribution is -0.384. The Bertz CT molecular complexity index is 1220. The van der Waals surface area contributed by atoms with E-state index in [0.29, 0.717) is 0 Å². The Balaban J connectivity index is 1.73. The molecule has 4 rings (SSSR count). The Morgan fingerprint density at radius 2 is 1.65 bits per heavy atom. The summed E-state index contributed by atoms with van der Waals surface area (Å²) >= 11 is 1.58. The molecule has 5 nitrogen and oxygen atoms in total. The van der Waals surface area contributed by atoms with E-state index in [4.69, 9.17) is 4.99 Å². The number of nitrogens with zero attached hydrogens (tertiary/aromatic N) is 3. The van der Waals surface area contributed by atoms with Crippen LogP contribution in [0.15, 0.2) is 89.2 Å². The molecule has 1 heterocycles. The maximum Gasteiger partial charge on any atom is 0.269 e. The normalized spacial score (nSPS) is 11.6. The Kier molecular flexibility index (Phi) is 6.38. The molecule has 0 unspecified atom stereocenters. The number of hydrogen-bond acceptors (Lipinski definition) is 4. The molecule has 0 bridgehead atoms. The minimum atomic E-state index is -0.373. The molecule has 0 saturated carbocycles. The van der Waals surface area contributed by atoms with Gasteiger partial charge in [-0.1, -0.05) is 49.4 Å². The second-order valence-electron chi connectivity index (χ2n) is 7.23. The number of rotatable bonds is 7. The third-order valence-corrected chi connectivity index (χ3v) is 6.07. The summed E-state index contributed by atoms with van der Waals surface area (Å²) in [5.41, 5.74) is 5.51. The molecule has 6 heteroatoms. The number of nitro groups is 1. The van der Waals surface area contributed by atoms with Gasteiger partial charge in [-0.2, -0.15) is 0 Å². The maximum atomic E-state index is 11.0. The molecular weight excluding hydrogens is 406 g/mol. The van der Waals surface area contributed by atoms with Gasteiger partial charge < -0.3 is 4.57 Å². The van der Waals surface area contributed by atoms with Crippen LogP contribution in [-0.2, 0) is 19.4 Å². The minimum Gasteiger partial charge on any atom is -0.316 e. The van der Waals surface area contributed by atoms with Crippen LogP contribution in [0.1, 0.15) is 18.1 Å². The van der Waals surface area contributed by atoms with Crippen LogP contribution in [-0.4, -0.2) is 9.49 Å². The first-order valence-electron chi connectivity index (χ1n) is 10.2. The van der Waals surface area contributed by atoms with E-state index in [1.807, 2.05) is 30.3 Å². The molecule has 0 saturated heterocycles. The van der Waals surface area contributed by atoms with E-state index in [9.17, 15) is 10.1 Å². The first-order valence-corrected chi connectivity index (χ1v) is 11.1. The molecule has 3 aromatic carbocycles. The fourth-order valence-corrected chi connectivity index (χ4v) is 4.38. The molecule has 0 fully saturated rings. The fraction of sp³-hybridized carbons (Fsp3) is 0.160. The molecule has 0 aliphatic rings. The molecule has 0 spiro atoms. The lowest BCUT2D eigenvalue weighted by atomic mass is 10.1. The van der Waals surface area contributed by atoms with Gasteiger partial charge in [-0.15, -0.1) is 11.3 Å². The molecule has 0 amide bonds. The highest BCUT2D eigenvalue weighted by molar-refractivity contribution is 7.07. The van der Waals surface area contributed by atoms with E-state index in [2.05, 4.69) is 41.1 Å². The largest absolute Gasteiger partial charge is 0.316 e. The van der Waals surface area contributed by atoms with Gasteiger partial charge >= 0.3 is 0 Å². The van der Waals surface area contributed by atoms with Crippen LogP contribution in [0.2, 0.25) is 0 Å². The van der Waals surface area contributed by atoms with Gasteiger partial charge in [0.15, 0.2) is 4.80 Å². The zero-order valence-corrected chi connectivity index (χ0v) is 18.1. The molecule has 31 heavy (non-hydrogen) atoms. The molecule has 4 aromatic rings. The lowest BCUT2D eigenvalue weighted by Crippen LogP contribution is -2.17. The number of thiazole rings is 1. The van der Waals surface area contributed by atoms with Crippen molar-refractivity contribution >= 4 is 22.7 Å². The van der Waals surface area contributed by atoms with Crippen molar-refractivity contribution in [3.63, 3.8) is 0 Å². The quantitative estimate of drug-likeness (QED) is 0.261. The standard InChI is InChI=1S/C25H23N3O2S/c1-2-19-8-12-22(13-9-19)26-25-27(17-16-20-6-4-3-5-7-20)24(18-31-25)21-10-14-23(15-11-21)28(29)30/h3-15,18H,2,16-17H2,1H3. The smallest absolute Gasteiger partial charge is 0.269 e. The zero-order valence-electron chi connectivity index (χ0n) is 17.3. The van der Waals surface area contributed by atoms with Crippen molar-refractivity contribution in [1.29, 1.82) is 0 Å². The van der Waals surface area contributed by atoms with Crippen molar-refractivity contribution in [1.82, 2.24) is 4.57 Å². The average Bonchev–Trinajstić information content (AvgIpc) is 3.21. The van der Waals surface area contributed by atoms with Crippen LogP contribution < -0.4 is 4.80 Å². The summed E-state index contributed by atoms with van der Waals surface area (Å²) in [4.78, 5) is 16.4. The molecule has 1 aromatic heterocycles. The number of hydrogen-bond donors (Lipinski definition) is 0. The minimum absolute atomic E-state index is 0.0933. The third kappa shape index (κ3) is 4.98. The predicted octanol–water partition coefficient (Wildman–Crippen LogP) is 6.16. The monoisotopic (exact) mass is 429 g/mol. The molecule has 0 radical (unpaired) electrons. The average molecular weight is 430 g/mol. The van der Waals surface area contributed by atoms with Crippen molar-refractivity contribution in [3.05, 3.63) is 110 Å². The summed E-state index contributed by atoms with van der Waals surface area (Å²) in [5.74, 6) is 0. The fourth-order valence-electron chi connectivity index (χ4n) is 3.42. The predicted molar refractivity (Wildman–Crippen MR) is 126 cm³/mol. The second kappa shape index (κ2) is 9.53. The van der Waals surface area contributed by atoms with Gasteiger partial charge in [0.25, 0.3) is 5.69 Å². The highest BCUT2D eigenvalue weighted by atomic mass is 32.1. The molecular formula is C25H23N3O2S. The number of nitro benzene ring substituents is 1. The van der Waals surface area contributed by atoms with Gasteiger partial charge in [0, 0.05) is 24.1 Å². The Morgan fingerprint density at radius 3 is 2.29 bits per heavy atom. The second-order valence-corrected chi connectivity index (χ2v) is 8.06. The summed E-state index contributed by atoms with van der Waals surface area (Å²) < 4.78 is 2.20. The van der Waals surface area contributed by atoms with Gasteiger partial charge in [-0.3, -0.25) is 10.1 Å². The maximum absolute atomic E-state index is 11.0. The van der Waals surface area contributed by atoms with Crippen LogP contribution in [0.4, 0.5) is 11.4 Å². The van der Waals surface area contributed by atoms with Crippen molar-refractivity contribution in [2.75, 3.05) is 0 Å². The molecule has 0 aliphatic heterocycles. The van der Waals surface area contributed by atoms with Crippen molar-refractivity contribution < 1.29 is 4.92 Å². The van der Waals surface area contributed by atoms with Crippen LogP contribution in [0, 0.1) is 10.1 Å². The Hall–Kier alpha value is -3.51. The van der Waals surface area contributed by atoms with Crippen molar-refractivity contribution in [2.45, 2.75) is 26.3 Å². The SMILES string of the molecule is CCc1ccc(N=c2scc(-c3ccc([N+](=O)[O-])cc3)n2CCc2ccccc2)cc1. The van der Waals surface area contributed by atoms with E-state index in [1.54, 1.807) is 35.6 Å². The van der Waals surface area contributed by atoms with Crippen LogP contribution in [0.3, 0.4) is 0 Å². The summed E-state index contributed by atoms with van der Waals surface area (Å²) in [6.45, 7) is 2.91. The highest BCUT2D eigenvalue weighted by Gasteiger charge is 2.11. The number of non-ortho nitro benzene ring substituents is 1. The molecule has 0 atom stereocenters. The number of aromatic nitrogens is 1. The van der Waals surface area contributed by atoms with E-state index >= 15 is 0 Å². The third-order valence-electron chi connectivity index (χ3n) is 5.21. The summed E-state index contributed by atoms with van der Waals surface area (Å²) in [5, 5.41) is 13.1. The summed E-state index contributed by atoms with van der Waals surface area (Å²) in [6.07, 6.45) is 1.88. The van der Waals surface area contributed by atoms with Gasteiger partial charge in [-0.05, 0) is 53.8 Å². The zero-order chi connectivity index (χ0) is 21.6. The Morgan fingerprint density at radius 1 is 0.935 bits per heavy atom. The van der Waals surface area contributed by atoms with Gasteiger partial charge in [0.2, 0.25) is 0 Å². The van der Waals surface area contributed by atoms with Gasteiger partial charge in [0.05, 0.1) is 16.3 Å². The van der Waals surface area contributed by atoms with Crippen LogP contribution >= 0.6 is 11.3 Å². The summed E-state index contributed by atoms with van der Waals surface area (Å²) in [6, 6.07) is 25.4. The Labute approximate surface area is 185 Å². The van der Waals surface area contributed by atoms with E-state index in [-0.39, 0.29) is 10.6 Å². The van der Waals surface area contributed by atoms with E-state index in [0.717, 1.165) is 41.1 Å². The van der Waals surface area contributed by atoms with Crippen molar-refractivity contribution in [3.8, 4) is 11.3 Å².